The third-order valence-electron chi connectivity index (χ3n) is 4.87. The summed E-state index contributed by atoms with van der Waals surface area (Å²) in [6, 6.07) is 6.51. The number of carbonyl (C=O) groups excluding carboxylic acids is 1. The Balaban J connectivity index is 1.88. The summed E-state index contributed by atoms with van der Waals surface area (Å²) in [5.41, 5.74) is 2.03. The van der Waals surface area contributed by atoms with Gasteiger partial charge in [0.1, 0.15) is 5.75 Å². The van der Waals surface area contributed by atoms with Crippen molar-refractivity contribution in [3.63, 3.8) is 0 Å². The minimum atomic E-state index is -0.503. The van der Waals surface area contributed by atoms with Crippen LogP contribution >= 0.6 is 0 Å². The van der Waals surface area contributed by atoms with Crippen LogP contribution in [0.15, 0.2) is 18.2 Å². The summed E-state index contributed by atoms with van der Waals surface area (Å²) in [6.07, 6.45) is 8.25. The highest BCUT2D eigenvalue weighted by molar-refractivity contribution is 5.88. The number of ketones is 1. The van der Waals surface area contributed by atoms with Crippen molar-refractivity contribution in [2.45, 2.75) is 70.3 Å². The van der Waals surface area contributed by atoms with Gasteiger partial charge in [-0.1, -0.05) is 31.4 Å². The number of carbonyl (C=O) groups is 1. The minimum Gasteiger partial charge on any atom is -0.479 e. The molecule has 20 heavy (non-hydrogen) atoms. The van der Waals surface area contributed by atoms with Crippen LogP contribution in [0.3, 0.4) is 0 Å². The van der Waals surface area contributed by atoms with E-state index >= 15 is 0 Å². The largest absolute Gasteiger partial charge is 0.479 e. The second-order valence-corrected chi connectivity index (χ2v) is 6.53. The first-order valence-electron chi connectivity index (χ1n) is 7.91. The second kappa shape index (κ2) is 5.23. The SMILES string of the molecule is CC(=O)C1(Oc2cc(C)ccc2C2CCCCC2)CC1. The van der Waals surface area contributed by atoms with Crippen molar-refractivity contribution in [1.29, 1.82) is 0 Å². The molecule has 3 rings (SSSR count). The van der Waals surface area contributed by atoms with Crippen LogP contribution in [0.5, 0.6) is 5.75 Å². The van der Waals surface area contributed by atoms with E-state index in [0.29, 0.717) is 5.92 Å². The third-order valence-corrected chi connectivity index (χ3v) is 4.87. The Morgan fingerprint density at radius 2 is 1.90 bits per heavy atom. The van der Waals surface area contributed by atoms with E-state index in [4.69, 9.17) is 4.74 Å². The summed E-state index contributed by atoms with van der Waals surface area (Å²) >= 11 is 0. The Hall–Kier alpha value is -1.31. The first-order chi connectivity index (χ1) is 9.61. The molecule has 0 heterocycles. The molecule has 0 aromatic heterocycles. The predicted octanol–water partition coefficient (Wildman–Crippen LogP) is 4.54. The average molecular weight is 272 g/mol. The standard InChI is InChI=1S/C18H24O2/c1-13-8-9-16(15-6-4-3-5-7-15)17(12-13)20-18(10-11-18)14(2)19/h8-9,12,15H,3-7,10-11H2,1-2H3. The van der Waals surface area contributed by atoms with Gasteiger partial charge in [0.2, 0.25) is 0 Å². The lowest BCUT2D eigenvalue weighted by molar-refractivity contribution is -0.125. The molecule has 0 N–H and O–H groups in total. The van der Waals surface area contributed by atoms with Crippen molar-refractivity contribution in [1.82, 2.24) is 0 Å². The van der Waals surface area contributed by atoms with E-state index in [2.05, 4.69) is 25.1 Å². The second-order valence-electron chi connectivity index (χ2n) is 6.53. The lowest BCUT2D eigenvalue weighted by Gasteiger charge is -2.26. The monoisotopic (exact) mass is 272 g/mol. The van der Waals surface area contributed by atoms with Crippen molar-refractivity contribution < 1.29 is 9.53 Å². The highest BCUT2D eigenvalue weighted by atomic mass is 16.5. The first kappa shape index (κ1) is 13.7. The van der Waals surface area contributed by atoms with Crippen molar-refractivity contribution in [2.24, 2.45) is 0 Å². The zero-order valence-electron chi connectivity index (χ0n) is 12.6. The van der Waals surface area contributed by atoms with Gasteiger partial charge in [-0.3, -0.25) is 4.79 Å². The van der Waals surface area contributed by atoms with Crippen LogP contribution in [0.1, 0.15) is 68.9 Å². The predicted molar refractivity (Wildman–Crippen MR) is 80.3 cm³/mol. The Morgan fingerprint density at radius 1 is 1.20 bits per heavy atom. The van der Waals surface area contributed by atoms with Gasteiger partial charge in [0.15, 0.2) is 11.4 Å². The van der Waals surface area contributed by atoms with Gasteiger partial charge in [0.25, 0.3) is 0 Å². The van der Waals surface area contributed by atoms with E-state index in [1.807, 2.05) is 0 Å². The van der Waals surface area contributed by atoms with E-state index in [1.165, 1.54) is 43.2 Å². The maximum Gasteiger partial charge on any atom is 0.173 e. The quantitative estimate of drug-likeness (QED) is 0.804. The third kappa shape index (κ3) is 2.61. The van der Waals surface area contributed by atoms with Crippen molar-refractivity contribution in [3.05, 3.63) is 29.3 Å². The smallest absolute Gasteiger partial charge is 0.173 e. The summed E-state index contributed by atoms with van der Waals surface area (Å²) in [5, 5.41) is 0. The molecule has 2 fully saturated rings. The molecule has 0 bridgehead atoms. The molecule has 2 saturated carbocycles. The van der Waals surface area contributed by atoms with Gasteiger partial charge < -0.3 is 4.74 Å². The van der Waals surface area contributed by atoms with Crippen molar-refractivity contribution in [2.75, 3.05) is 0 Å². The van der Waals surface area contributed by atoms with Crippen LogP contribution in [-0.2, 0) is 4.79 Å². The number of Topliss-reactive ketones (excluding diaryl/α,β-unsaturated/α-hetero) is 1. The van der Waals surface area contributed by atoms with Gasteiger partial charge in [0, 0.05) is 0 Å². The molecule has 2 heteroatoms. The number of ether oxygens (including phenoxy) is 1. The fraction of sp³-hybridized carbons (Fsp3) is 0.611. The molecule has 2 aliphatic carbocycles. The lowest BCUT2D eigenvalue weighted by Crippen LogP contribution is -2.27. The van der Waals surface area contributed by atoms with Crippen LogP contribution in [0.2, 0.25) is 0 Å². The fourth-order valence-electron chi connectivity index (χ4n) is 3.33. The van der Waals surface area contributed by atoms with Gasteiger partial charge in [-0.2, -0.15) is 0 Å². The van der Waals surface area contributed by atoms with E-state index in [-0.39, 0.29) is 5.78 Å². The highest BCUT2D eigenvalue weighted by Crippen LogP contribution is 2.45. The molecule has 2 aliphatic rings. The lowest BCUT2D eigenvalue weighted by atomic mass is 9.83. The highest BCUT2D eigenvalue weighted by Gasteiger charge is 2.50. The summed E-state index contributed by atoms with van der Waals surface area (Å²) in [5.74, 6) is 1.75. The number of rotatable bonds is 4. The van der Waals surface area contributed by atoms with Gasteiger partial charge in [-0.25, -0.2) is 0 Å². The summed E-state index contributed by atoms with van der Waals surface area (Å²) in [6.45, 7) is 3.74. The molecule has 108 valence electrons. The topological polar surface area (TPSA) is 26.3 Å². The molecule has 1 aromatic carbocycles. The Bertz CT molecular complexity index is 508. The Kier molecular flexibility index (Phi) is 3.57. The fourth-order valence-corrected chi connectivity index (χ4v) is 3.33. The van der Waals surface area contributed by atoms with E-state index < -0.39 is 5.60 Å². The Labute approximate surface area is 121 Å². The van der Waals surface area contributed by atoms with Gasteiger partial charge in [-0.15, -0.1) is 0 Å². The molecule has 0 amide bonds. The molecular formula is C18H24O2. The van der Waals surface area contributed by atoms with Crippen molar-refractivity contribution >= 4 is 5.78 Å². The molecule has 0 radical (unpaired) electrons. The van der Waals surface area contributed by atoms with Crippen LogP contribution in [0.4, 0.5) is 0 Å². The Morgan fingerprint density at radius 3 is 2.50 bits per heavy atom. The maximum atomic E-state index is 11.8. The minimum absolute atomic E-state index is 0.175. The number of benzene rings is 1. The zero-order chi connectivity index (χ0) is 14.2. The molecule has 0 unspecified atom stereocenters. The molecule has 2 nitrogen and oxygen atoms in total. The normalized spacial score (nSPS) is 21.5. The van der Waals surface area contributed by atoms with E-state index in [9.17, 15) is 4.79 Å². The molecule has 0 aliphatic heterocycles. The number of hydrogen-bond acceptors (Lipinski definition) is 2. The molecular weight excluding hydrogens is 248 g/mol. The van der Waals surface area contributed by atoms with Crippen LogP contribution in [0, 0.1) is 6.92 Å². The first-order valence-corrected chi connectivity index (χ1v) is 7.91. The zero-order valence-corrected chi connectivity index (χ0v) is 12.6. The average Bonchev–Trinajstić information content (AvgIpc) is 3.21. The van der Waals surface area contributed by atoms with Crippen LogP contribution in [0.25, 0.3) is 0 Å². The van der Waals surface area contributed by atoms with Crippen LogP contribution in [-0.4, -0.2) is 11.4 Å². The van der Waals surface area contributed by atoms with Crippen LogP contribution < -0.4 is 4.74 Å². The van der Waals surface area contributed by atoms with E-state index in [1.54, 1.807) is 6.92 Å². The molecule has 0 atom stereocenters. The van der Waals surface area contributed by atoms with E-state index in [0.717, 1.165) is 18.6 Å². The van der Waals surface area contributed by atoms with Gasteiger partial charge in [0.05, 0.1) is 0 Å². The molecule has 0 saturated heterocycles. The maximum absolute atomic E-state index is 11.8. The number of hydrogen-bond donors (Lipinski definition) is 0. The number of aryl methyl sites for hydroxylation is 1. The summed E-state index contributed by atoms with van der Waals surface area (Å²) in [4.78, 5) is 11.8. The van der Waals surface area contributed by atoms with Gasteiger partial charge in [-0.05, 0) is 62.6 Å². The molecule has 1 aromatic rings. The molecule has 0 spiro atoms. The van der Waals surface area contributed by atoms with Crippen molar-refractivity contribution in [3.8, 4) is 5.75 Å². The van der Waals surface area contributed by atoms with Gasteiger partial charge >= 0.3 is 0 Å². The summed E-state index contributed by atoms with van der Waals surface area (Å²) in [7, 11) is 0. The summed E-state index contributed by atoms with van der Waals surface area (Å²) < 4.78 is 6.19.